The van der Waals surface area contributed by atoms with E-state index in [9.17, 15) is 56.9 Å². The first-order valence-corrected chi connectivity index (χ1v) is 23.3. The number of nitrogens with two attached hydrogens (primary N) is 2. The molecular weight excluding hydrogens is 1000 g/mol. The molecule has 0 fully saturated rings. The van der Waals surface area contributed by atoms with Crippen molar-refractivity contribution in [3.8, 4) is 22.9 Å². The molecular formula is C42H46CrN12NaO12S2-. The summed E-state index contributed by atoms with van der Waals surface area (Å²) in [5, 5.41) is 79.3. The summed E-state index contributed by atoms with van der Waals surface area (Å²) in [5.41, 5.74) is -2.34. The first-order valence-electron chi connectivity index (χ1n) is 20.2. The Morgan fingerprint density at radius 2 is 0.943 bits per heavy atom. The van der Waals surface area contributed by atoms with Gasteiger partial charge in [-0.05, 0) is 97.2 Å². The topological polar surface area (TPSA) is 378 Å². The third-order valence-corrected chi connectivity index (χ3v) is 13.1. The predicted octanol–water partition coefficient (Wildman–Crippen LogP) is 3.41. The summed E-state index contributed by atoms with van der Waals surface area (Å²) in [7, 11) is -7.98. The third kappa shape index (κ3) is 12.8. The van der Waals surface area contributed by atoms with E-state index in [1.54, 1.807) is 0 Å². The van der Waals surface area contributed by atoms with E-state index in [-0.39, 0.29) is 102 Å². The van der Waals surface area contributed by atoms with E-state index in [1.165, 1.54) is 86.6 Å². The summed E-state index contributed by atoms with van der Waals surface area (Å²) in [6.45, 7) is 14.4. The second-order valence-corrected chi connectivity index (χ2v) is 19.7. The van der Waals surface area contributed by atoms with E-state index in [0.717, 1.165) is 9.36 Å². The molecule has 0 unspecified atom stereocenters. The maximum absolute atomic E-state index is 12.9. The molecule has 28 heteroatoms. The Labute approximate surface area is 433 Å². The molecule has 0 saturated carbocycles. The molecule has 6 aromatic rings. The second kappa shape index (κ2) is 22.3. The molecule has 24 nitrogen and oxygen atoms in total. The number of hydrogen-bond acceptors (Lipinski definition) is 16. The van der Waals surface area contributed by atoms with Gasteiger partial charge < -0.3 is 10.2 Å². The number of H-pyrrole nitrogens is 2. The molecule has 0 radical (unpaired) electrons. The van der Waals surface area contributed by atoms with Gasteiger partial charge in [-0.25, -0.2) is 36.5 Å². The number of aryl methyl sites for hydroxylation is 2. The van der Waals surface area contributed by atoms with Gasteiger partial charge in [-0.15, -0.1) is 10.2 Å². The molecule has 4 aromatic carbocycles. The molecule has 0 aliphatic carbocycles. The van der Waals surface area contributed by atoms with E-state index < -0.39 is 74.7 Å². The second-order valence-electron chi connectivity index (χ2n) is 16.6. The molecule has 0 aliphatic heterocycles. The van der Waals surface area contributed by atoms with Crippen LogP contribution in [0.4, 0.5) is 34.1 Å². The van der Waals surface area contributed by atoms with Gasteiger partial charge in [0.15, 0.2) is 11.4 Å². The molecule has 2 aromatic heterocycles. The largest absolute Gasteiger partial charge is 1.00 e. The monoisotopic (exact) mass is 1050 g/mol. The summed E-state index contributed by atoms with van der Waals surface area (Å²) < 4.78 is 48.6. The molecule has 6 rings (SSSR count). The van der Waals surface area contributed by atoms with Gasteiger partial charge in [-0.2, -0.15) is 10.2 Å². The average molecular weight is 1050 g/mol. The maximum atomic E-state index is 12.9. The third-order valence-electron chi connectivity index (χ3n) is 11.2. The van der Waals surface area contributed by atoms with E-state index in [0.29, 0.717) is 24.0 Å². The number of primary sulfonamides is 2. The minimum Gasteiger partial charge on any atom is -0.866 e. The number of rotatable bonds is 14. The smallest absolute Gasteiger partial charge is 0.866 e. The number of nitrogens with one attached hydrogen (secondary N) is 2. The number of aromatic amines is 2. The normalized spacial score (nSPS) is 12.0. The fourth-order valence-corrected chi connectivity index (χ4v) is 7.39. The van der Waals surface area contributed by atoms with Gasteiger partial charge in [-0.1, -0.05) is 53.7 Å². The van der Waals surface area contributed by atoms with E-state index >= 15 is 0 Å². The van der Waals surface area contributed by atoms with Crippen molar-refractivity contribution < 1.29 is 83.8 Å². The van der Waals surface area contributed by atoms with Crippen LogP contribution in [0.15, 0.2) is 113 Å². The van der Waals surface area contributed by atoms with Gasteiger partial charge in [0, 0.05) is 41.0 Å². The molecule has 6 N–H and O–H groups in total. The zero-order valence-electron chi connectivity index (χ0n) is 39.2. The van der Waals surface area contributed by atoms with Crippen molar-refractivity contribution in [2.75, 3.05) is 0 Å². The van der Waals surface area contributed by atoms with Crippen LogP contribution in [0.3, 0.4) is 0 Å². The Kier molecular flexibility index (Phi) is 18.5. The van der Waals surface area contributed by atoms with Crippen molar-refractivity contribution in [3.05, 3.63) is 136 Å². The minimum absolute atomic E-state index is 0. The van der Waals surface area contributed by atoms with Crippen LogP contribution in [-0.2, 0) is 48.2 Å². The standard InChI is InChI=1S/2C21H24N6O6S.Cr.Na/c2*1-5-21(3,4)13-9-16(19(28)17(10-13)27(30)31)23-24-18-12(2)25-26(20(18)29)14-7-6-8-15(11-14)34(22,32)33;;/h2*6-11,25,28H,5H2,1-4H3,(H2,22,32,33);;/q;;;+1/p-2. The number of aromatic nitrogens is 4. The van der Waals surface area contributed by atoms with Crippen LogP contribution in [0.1, 0.15) is 76.9 Å². The van der Waals surface area contributed by atoms with Crippen LogP contribution in [0.2, 0.25) is 0 Å². The Balaban J connectivity index is 0.000000360. The van der Waals surface area contributed by atoms with E-state index in [4.69, 9.17) is 10.3 Å². The average Bonchev–Trinajstić information content (AvgIpc) is 3.72. The van der Waals surface area contributed by atoms with Crippen LogP contribution in [0, 0.1) is 34.1 Å². The van der Waals surface area contributed by atoms with Crippen molar-refractivity contribution in [2.24, 2.45) is 30.7 Å². The van der Waals surface area contributed by atoms with E-state index in [1.807, 2.05) is 41.5 Å². The van der Waals surface area contributed by atoms with Crippen molar-refractivity contribution in [1.82, 2.24) is 19.6 Å². The number of sulfonamides is 2. The Morgan fingerprint density at radius 3 is 1.23 bits per heavy atom. The van der Waals surface area contributed by atoms with Crippen LogP contribution in [0.5, 0.6) is 11.5 Å². The predicted molar refractivity (Wildman–Crippen MR) is 245 cm³/mol. The molecule has 0 aliphatic rings. The fourth-order valence-electron chi connectivity index (χ4n) is 6.29. The summed E-state index contributed by atoms with van der Waals surface area (Å²) in [6, 6.07) is 16.1. The number of hydrogen-bond donors (Lipinski definition) is 4. The first kappa shape index (κ1) is 58.2. The molecule has 366 valence electrons. The minimum atomic E-state index is -3.99. The summed E-state index contributed by atoms with van der Waals surface area (Å²) in [5.74, 6) is -1.84. The Morgan fingerprint density at radius 1 is 0.614 bits per heavy atom. The van der Waals surface area contributed by atoms with Gasteiger partial charge in [0.25, 0.3) is 22.5 Å². The maximum Gasteiger partial charge on any atom is 1.00 e. The van der Waals surface area contributed by atoms with Gasteiger partial charge in [-0.3, -0.25) is 40.0 Å². The summed E-state index contributed by atoms with van der Waals surface area (Å²) >= 11 is 0. The van der Waals surface area contributed by atoms with Crippen LogP contribution < -0.4 is 61.2 Å². The summed E-state index contributed by atoms with van der Waals surface area (Å²) in [6.07, 6.45) is 1.30. The number of benzene rings is 4. The van der Waals surface area contributed by atoms with Crippen molar-refractivity contribution in [3.63, 3.8) is 0 Å². The van der Waals surface area contributed by atoms with Crippen molar-refractivity contribution in [2.45, 2.75) is 88.9 Å². The van der Waals surface area contributed by atoms with Gasteiger partial charge in [0.05, 0.1) is 53.8 Å². The molecule has 2 heterocycles. The zero-order chi connectivity index (χ0) is 50.8. The number of nitro benzene ring substituents is 2. The molecule has 0 amide bonds. The van der Waals surface area contributed by atoms with Gasteiger partial charge in [0.2, 0.25) is 20.0 Å². The molecule has 0 saturated heterocycles. The fraction of sp³-hybridized carbons (Fsp3) is 0.286. The summed E-state index contributed by atoms with van der Waals surface area (Å²) in [4.78, 5) is 46.7. The number of nitrogens with zero attached hydrogens (tertiary/aromatic N) is 8. The van der Waals surface area contributed by atoms with Crippen molar-refractivity contribution >= 4 is 54.2 Å². The molecule has 0 atom stereocenters. The Hall–Kier alpha value is -6.15. The number of azo groups is 2. The van der Waals surface area contributed by atoms with Gasteiger partial charge in [0.1, 0.15) is 0 Å². The first-order chi connectivity index (χ1) is 31.5. The Bertz CT molecular complexity index is 3180. The van der Waals surface area contributed by atoms with Crippen LogP contribution in [0.25, 0.3) is 11.4 Å². The van der Waals surface area contributed by atoms with Crippen molar-refractivity contribution in [1.29, 1.82) is 0 Å². The number of nitro groups is 2. The zero-order valence-corrected chi connectivity index (χ0v) is 44.1. The molecule has 0 bridgehead atoms. The molecule has 70 heavy (non-hydrogen) atoms. The molecule has 0 spiro atoms. The van der Waals surface area contributed by atoms with Gasteiger partial charge >= 0.3 is 29.6 Å². The van der Waals surface area contributed by atoms with E-state index in [2.05, 4.69) is 30.7 Å². The SMILES string of the molecule is CCC(C)(C)c1cc(N=Nc2c(C)[nH]n(-c3cccc(S(N)(=O)=O)c3)c2=O)c([O-])c([N+](=O)[O-])c1.CCC(C)(C)c1cc(N=Nc2c(C)[nH]n(-c3cccc(S(N)(=O)=O)c3)c2=O)c([O-])c([N+](=O)[O-])c1.[Cr].[Na+]. The van der Waals surface area contributed by atoms with Crippen LogP contribution in [-0.4, -0.2) is 46.2 Å². The van der Waals surface area contributed by atoms with Crippen LogP contribution >= 0.6 is 0 Å². The quantitative estimate of drug-likeness (QED) is 0.0528.